The summed E-state index contributed by atoms with van der Waals surface area (Å²) in [4.78, 5) is 10.3. The van der Waals surface area contributed by atoms with Gasteiger partial charge in [0.1, 0.15) is 11.3 Å². The van der Waals surface area contributed by atoms with Crippen LogP contribution in [-0.2, 0) is 6.42 Å². The van der Waals surface area contributed by atoms with Crippen LogP contribution in [0.5, 0.6) is 5.75 Å². The maximum absolute atomic E-state index is 10.3. The van der Waals surface area contributed by atoms with Gasteiger partial charge in [0, 0.05) is 24.0 Å². The van der Waals surface area contributed by atoms with E-state index in [0.717, 1.165) is 11.1 Å². The lowest BCUT2D eigenvalue weighted by Gasteiger charge is -1.99. The second-order valence-corrected chi connectivity index (χ2v) is 3.36. The number of aromatic amines is 1. The van der Waals surface area contributed by atoms with Gasteiger partial charge in [-0.1, -0.05) is 12.1 Å². The molecule has 0 aliphatic heterocycles. The van der Waals surface area contributed by atoms with E-state index in [-0.39, 0.29) is 5.75 Å². The van der Waals surface area contributed by atoms with E-state index in [4.69, 9.17) is 5.11 Å². The molecule has 1 aromatic carbocycles. The number of nitrogens with zero attached hydrogens (tertiary/aromatic N) is 1. The van der Waals surface area contributed by atoms with Crippen LogP contribution >= 0.6 is 0 Å². The average Bonchev–Trinajstić information content (AvgIpc) is 2.63. The number of carbonyl (C=O) groups is 1. The third-order valence-corrected chi connectivity index (χ3v) is 2.29. The number of hydrogen-bond acceptors (Lipinski definition) is 3. The van der Waals surface area contributed by atoms with E-state index in [1.807, 2.05) is 6.07 Å². The van der Waals surface area contributed by atoms with Gasteiger partial charge in [0.25, 0.3) is 0 Å². The molecule has 4 N–H and O–H groups in total. The van der Waals surface area contributed by atoms with Gasteiger partial charge in [-0.3, -0.25) is 5.10 Å². The molecule has 0 unspecified atom stereocenters. The zero-order valence-electron chi connectivity index (χ0n) is 8.40. The van der Waals surface area contributed by atoms with Gasteiger partial charge in [0.15, 0.2) is 0 Å². The highest BCUT2D eigenvalue weighted by Crippen LogP contribution is 2.24. The Morgan fingerprint density at radius 3 is 3.06 bits per heavy atom. The summed E-state index contributed by atoms with van der Waals surface area (Å²) in [7, 11) is 0. The molecule has 1 amide bonds. The molecule has 1 aromatic heterocycles. The van der Waals surface area contributed by atoms with E-state index in [9.17, 15) is 9.90 Å². The third kappa shape index (κ3) is 1.90. The number of benzene rings is 1. The van der Waals surface area contributed by atoms with Crippen LogP contribution < -0.4 is 5.32 Å². The second kappa shape index (κ2) is 4.09. The van der Waals surface area contributed by atoms with Crippen LogP contribution in [0, 0.1) is 0 Å². The number of carboxylic acid groups (broad SMARTS) is 1. The van der Waals surface area contributed by atoms with E-state index in [1.165, 1.54) is 0 Å². The number of aromatic nitrogens is 2. The molecule has 0 atom stereocenters. The first kappa shape index (κ1) is 10.3. The summed E-state index contributed by atoms with van der Waals surface area (Å²) in [6, 6.07) is 5.11. The minimum absolute atomic E-state index is 0.117. The van der Waals surface area contributed by atoms with Crippen LogP contribution in [0.2, 0.25) is 0 Å². The zero-order chi connectivity index (χ0) is 11.5. The van der Waals surface area contributed by atoms with Crippen molar-refractivity contribution >= 4 is 17.0 Å². The number of amides is 1. The summed E-state index contributed by atoms with van der Waals surface area (Å²) >= 11 is 0. The molecule has 16 heavy (non-hydrogen) atoms. The van der Waals surface area contributed by atoms with E-state index in [2.05, 4.69) is 15.5 Å². The summed E-state index contributed by atoms with van der Waals surface area (Å²) < 4.78 is 0. The predicted octanol–water partition coefficient (Wildman–Crippen LogP) is 1.08. The normalized spacial score (nSPS) is 10.5. The Morgan fingerprint density at radius 2 is 2.31 bits per heavy atom. The van der Waals surface area contributed by atoms with E-state index in [1.54, 1.807) is 12.1 Å². The molecule has 0 saturated carbocycles. The molecule has 0 bridgehead atoms. The standard InChI is InChI=1S/C10H11N3O3/c14-8-3-1-2-6-7(12-13-9(6)8)4-5-11-10(15)16/h1-3,11,14H,4-5H2,(H,12,13)(H,15,16). The van der Waals surface area contributed by atoms with Gasteiger partial charge in [-0.2, -0.15) is 5.10 Å². The number of fused-ring (bicyclic) bond motifs is 1. The third-order valence-electron chi connectivity index (χ3n) is 2.29. The monoisotopic (exact) mass is 221 g/mol. The average molecular weight is 221 g/mol. The van der Waals surface area contributed by atoms with E-state index >= 15 is 0 Å². The fraction of sp³-hybridized carbons (Fsp3) is 0.200. The molecule has 1 heterocycles. The largest absolute Gasteiger partial charge is 0.506 e. The molecular weight excluding hydrogens is 210 g/mol. The highest BCUT2D eigenvalue weighted by molar-refractivity contribution is 5.86. The minimum Gasteiger partial charge on any atom is -0.506 e. The van der Waals surface area contributed by atoms with Crippen LogP contribution in [0.1, 0.15) is 5.69 Å². The lowest BCUT2D eigenvalue weighted by atomic mass is 10.1. The number of aromatic hydroxyl groups is 1. The summed E-state index contributed by atoms with van der Waals surface area (Å²) in [5.74, 6) is 0.117. The van der Waals surface area contributed by atoms with Gasteiger partial charge < -0.3 is 15.5 Å². The van der Waals surface area contributed by atoms with Gasteiger partial charge in [-0.05, 0) is 6.07 Å². The molecule has 6 nitrogen and oxygen atoms in total. The molecule has 0 saturated heterocycles. The van der Waals surface area contributed by atoms with Gasteiger partial charge in [0.05, 0.1) is 0 Å². The number of phenols is 1. The summed E-state index contributed by atoms with van der Waals surface area (Å²) in [6.45, 7) is 0.308. The summed E-state index contributed by atoms with van der Waals surface area (Å²) in [6.07, 6.45) is -0.543. The molecule has 6 heteroatoms. The zero-order valence-corrected chi connectivity index (χ0v) is 8.40. The van der Waals surface area contributed by atoms with Crippen LogP contribution in [0.3, 0.4) is 0 Å². The Hall–Kier alpha value is -2.24. The van der Waals surface area contributed by atoms with Gasteiger partial charge in [-0.15, -0.1) is 0 Å². The highest BCUT2D eigenvalue weighted by atomic mass is 16.4. The Labute approximate surface area is 90.9 Å². The number of hydrogen-bond donors (Lipinski definition) is 4. The lowest BCUT2D eigenvalue weighted by molar-refractivity contribution is 0.194. The van der Waals surface area contributed by atoms with Crippen molar-refractivity contribution in [2.75, 3.05) is 6.54 Å². The highest BCUT2D eigenvalue weighted by Gasteiger charge is 2.08. The number of H-pyrrole nitrogens is 1. The van der Waals surface area contributed by atoms with Crippen molar-refractivity contribution < 1.29 is 15.0 Å². The Bertz CT molecular complexity index is 521. The lowest BCUT2D eigenvalue weighted by Crippen LogP contribution is -2.23. The van der Waals surface area contributed by atoms with Crippen LogP contribution in [0.15, 0.2) is 18.2 Å². The van der Waals surface area contributed by atoms with Crippen molar-refractivity contribution in [3.8, 4) is 5.75 Å². The fourth-order valence-electron chi connectivity index (χ4n) is 1.56. The predicted molar refractivity (Wildman–Crippen MR) is 57.5 cm³/mol. The Balaban J connectivity index is 2.19. The van der Waals surface area contributed by atoms with Gasteiger partial charge >= 0.3 is 6.09 Å². The Kier molecular flexibility index (Phi) is 2.63. The molecule has 2 aromatic rings. The van der Waals surface area contributed by atoms with Crippen molar-refractivity contribution in [2.24, 2.45) is 0 Å². The van der Waals surface area contributed by atoms with Crippen molar-refractivity contribution in [1.82, 2.24) is 15.5 Å². The minimum atomic E-state index is -1.05. The van der Waals surface area contributed by atoms with Gasteiger partial charge in [0.2, 0.25) is 0 Å². The molecule has 2 rings (SSSR count). The molecule has 0 aliphatic carbocycles. The van der Waals surface area contributed by atoms with Crippen LogP contribution in [0.25, 0.3) is 10.9 Å². The molecule has 0 radical (unpaired) electrons. The maximum atomic E-state index is 10.3. The van der Waals surface area contributed by atoms with E-state index < -0.39 is 6.09 Å². The van der Waals surface area contributed by atoms with Gasteiger partial charge in [-0.25, -0.2) is 4.79 Å². The quantitative estimate of drug-likeness (QED) is 0.623. The first-order valence-corrected chi connectivity index (χ1v) is 4.80. The summed E-state index contributed by atoms with van der Waals surface area (Å²) in [5, 5.41) is 27.8. The smallest absolute Gasteiger partial charge is 0.404 e. The molecule has 84 valence electrons. The van der Waals surface area contributed by atoms with Crippen molar-refractivity contribution in [3.05, 3.63) is 23.9 Å². The first-order chi connectivity index (χ1) is 7.68. The van der Waals surface area contributed by atoms with E-state index in [0.29, 0.717) is 18.5 Å². The maximum Gasteiger partial charge on any atom is 0.404 e. The molecular formula is C10H11N3O3. The number of para-hydroxylation sites is 1. The first-order valence-electron chi connectivity index (χ1n) is 4.80. The molecule has 0 spiro atoms. The molecule has 0 fully saturated rings. The van der Waals surface area contributed by atoms with Crippen molar-refractivity contribution in [3.63, 3.8) is 0 Å². The SMILES string of the molecule is O=C(O)NCCc1[nH]nc2c(O)cccc12. The number of rotatable bonds is 3. The fourth-order valence-corrected chi connectivity index (χ4v) is 1.56. The van der Waals surface area contributed by atoms with Crippen molar-refractivity contribution in [2.45, 2.75) is 6.42 Å². The van der Waals surface area contributed by atoms with Crippen LogP contribution in [-0.4, -0.2) is 33.0 Å². The Morgan fingerprint density at radius 1 is 1.50 bits per heavy atom. The second-order valence-electron chi connectivity index (χ2n) is 3.36. The number of nitrogens with one attached hydrogen (secondary N) is 2. The number of phenolic OH excluding ortho intramolecular Hbond substituents is 1. The van der Waals surface area contributed by atoms with Crippen molar-refractivity contribution in [1.29, 1.82) is 0 Å². The topological polar surface area (TPSA) is 98.2 Å². The van der Waals surface area contributed by atoms with Crippen LogP contribution in [0.4, 0.5) is 4.79 Å². The molecule has 0 aliphatic rings. The summed E-state index contributed by atoms with van der Waals surface area (Å²) in [5.41, 5.74) is 1.31.